The maximum atomic E-state index is 11.2. The van der Waals surface area contributed by atoms with Gasteiger partial charge in [0, 0.05) is 18.6 Å². The summed E-state index contributed by atoms with van der Waals surface area (Å²) in [5, 5.41) is 0. The van der Waals surface area contributed by atoms with Crippen LogP contribution in [0.3, 0.4) is 0 Å². The van der Waals surface area contributed by atoms with E-state index in [0.717, 1.165) is 11.3 Å². The Morgan fingerprint density at radius 1 is 1.32 bits per heavy atom. The molecule has 106 valence electrons. The molecule has 0 bridgehead atoms. The number of nitrogens with zero attached hydrogens (tertiary/aromatic N) is 1. The molecule has 0 spiro atoms. The van der Waals surface area contributed by atoms with E-state index in [1.807, 2.05) is 43.0 Å². The third kappa shape index (κ3) is 4.22. The summed E-state index contributed by atoms with van der Waals surface area (Å²) in [5.74, 6) is 0.450. The first-order valence-corrected chi connectivity index (χ1v) is 6.37. The van der Waals surface area contributed by atoms with Crippen LogP contribution < -0.4 is 16.2 Å². The van der Waals surface area contributed by atoms with Crippen LogP contribution in [0.15, 0.2) is 24.3 Å². The zero-order chi connectivity index (χ0) is 14.4. The zero-order valence-corrected chi connectivity index (χ0v) is 11.8. The monoisotopic (exact) mass is 265 g/mol. The van der Waals surface area contributed by atoms with Crippen molar-refractivity contribution in [1.82, 2.24) is 4.90 Å². The number of carbonyl (C=O) groups is 1. The van der Waals surface area contributed by atoms with Gasteiger partial charge >= 0.3 is 0 Å². The van der Waals surface area contributed by atoms with Crippen molar-refractivity contribution >= 4 is 5.91 Å². The third-order valence-corrected chi connectivity index (χ3v) is 3.13. The van der Waals surface area contributed by atoms with Crippen LogP contribution in [0.5, 0.6) is 5.75 Å². The predicted molar refractivity (Wildman–Crippen MR) is 75.8 cm³/mol. The lowest BCUT2D eigenvalue weighted by atomic mass is 10.0. The Balaban J connectivity index is 2.97. The summed E-state index contributed by atoms with van der Waals surface area (Å²) in [6.45, 7) is 4.67. The first kappa shape index (κ1) is 15.5. The van der Waals surface area contributed by atoms with Crippen LogP contribution >= 0.6 is 0 Å². The van der Waals surface area contributed by atoms with Crippen molar-refractivity contribution in [3.05, 3.63) is 29.8 Å². The molecule has 19 heavy (non-hydrogen) atoms. The van der Waals surface area contributed by atoms with E-state index >= 15 is 0 Å². The van der Waals surface area contributed by atoms with Crippen LogP contribution in [0.1, 0.15) is 25.5 Å². The normalized spacial score (nSPS) is 12.7. The Morgan fingerprint density at radius 3 is 2.26 bits per heavy atom. The van der Waals surface area contributed by atoms with Gasteiger partial charge in [0.05, 0.1) is 13.7 Å². The molecule has 0 radical (unpaired) electrons. The van der Waals surface area contributed by atoms with Gasteiger partial charge in [0.1, 0.15) is 5.75 Å². The van der Waals surface area contributed by atoms with Gasteiger partial charge in [-0.15, -0.1) is 0 Å². The van der Waals surface area contributed by atoms with E-state index in [1.54, 1.807) is 7.11 Å². The molecular weight excluding hydrogens is 242 g/mol. The van der Waals surface area contributed by atoms with Crippen molar-refractivity contribution in [3.63, 3.8) is 0 Å². The number of ether oxygens (including phenoxy) is 1. The zero-order valence-electron chi connectivity index (χ0n) is 11.8. The summed E-state index contributed by atoms with van der Waals surface area (Å²) in [6.07, 6.45) is 0. The Hall–Kier alpha value is -1.59. The summed E-state index contributed by atoms with van der Waals surface area (Å²) < 4.78 is 5.14. The highest BCUT2D eigenvalue weighted by atomic mass is 16.5. The minimum absolute atomic E-state index is 0.0293. The predicted octanol–water partition coefficient (Wildman–Crippen LogP) is 0.891. The molecule has 0 heterocycles. The number of hydrogen-bond acceptors (Lipinski definition) is 4. The van der Waals surface area contributed by atoms with Crippen molar-refractivity contribution in [2.75, 3.05) is 20.2 Å². The first-order chi connectivity index (χ1) is 8.99. The molecule has 4 N–H and O–H groups in total. The lowest BCUT2D eigenvalue weighted by Crippen LogP contribution is -2.43. The smallest absolute Gasteiger partial charge is 0.231 e. The topological polar surface area (TPSA) is 81.6 Å². The number of carbonyl (C=O) groups excluding carboxylic acids is 1. The van der Waals surface area contributed by atoms with Crippen molar-refractivity contribution in [2.45, 2.75) is 25.9 Å². The summed E-state index contributed by atoms with van der Waals surface area (Å²) >= 11 is 0. The van der Waals surface area contributed by atoms with Gasteiger partial charge < -0.3 is 16.2 Å². The summed E-state index contributed by atoms with van der Waals surface area (Å²) in [5.41, 5.74) is 12.2. The Labute approximate surface area is 114 Å². The maximum absolute atomic E-state index is 11.2. The van der Waals surface area contributed by atoms with Crippen LogP contribution in [-0.2, 0) is 4.79 Å². The van der Waals surface area contributed by atoms with Crippen LogP contribution in [0.25, 0.3) is 0 Å². The van der Waals surface area contributed by atoms with Gasteiger partial charge in [0.15, 0.2) is 0 Å². The van der Waals surface area contributed by atoms with E-state index in [2.05, 4.69) is 0 Å². The summed E-state index contributed by atoms with van der Waals surface area (Å²) in [6, 6.07) is 7.86. The Morgan fingerprint density at radius 2 is 1.89 bits per heavy atom. The van der Waals surface area contributed by atoms with Gasteiger partial charge in [-0.05, 0) is 31.5 Å². The second-order valence-electron chi connectivity index (χ2n) is 4.76. The number of methoxy groups -OCH3 is 1. The second kappa shape index (κ2) is 7.11. The molecular formula is C14H23N3O2. The molecule has 1 amide bonds. The highest BCUT2D eigenvalue weighted by Crippen LogP contribution is 2.23. The molecule has 0 aliphatic carbocycles. The van der Waals surface area contributed by atoms with E-state index in [9.17, 15) is 4.79 Å². The average Bonchev–Trinajstić information content (AvgIpc) is 2.38. The van der Waals surface area contributed by atoms with Crippen molar-refractivity contribution in [1.29, 1.82) is 0 Å². The second-order valence-corrected chi connectivity index (χ2v) is 4.76. The van der Waals surface area contributed by atoms with Crippen LogP contribution in [-0.4, -0.2) is 37.0 Å². The standard InChI is InChI=1S/C14H23N3O2/c1-10(2)17(9-14(16)18)13(8-15)11-4-6-12(19-3)7-5-11/h4-7,10,13H,8-9,15H2,1-3H3,(H2,16,18). The van der Waals surface area contributed by atoms with Gasteiger partial charge in [0.2, 0.25) is 5.91 Å². The molecule has 5 nitrogen and oxygen atoms in total. The molecule has 0 fully saturated rings. The highest BCUT2D eigenvalue weighted by Gasteiger charge is 2.23. The summed E-state index contributed by atoms with van der Waals surface area (Å²) in [4.78, 5) is 13.2. The van der Waals surface area contributed by atoms with Crippen LogP contribution in [0, 0.1) is 0 Å². The summed E-state index contributed by atoms with van der Waals surface area (Å²) in [7, 11) is 1.63. The van der Waals surface area contributed by atoms with Gasteiger partial charge in [-0.25, -0.2) is 0 Å². The average molecular weight is 265 g/mol. The van der Waals surface area contributed by atoms with Gasteiger partial charge in [-0.2, -0.15) is 0 Å². The largest absolute Gasteiger partial charge is 0.497 e. The van der Waals surface area contributed by atoms with E-state index in [1.165, 1.54) is 0 Å². The molecule has 0 aliphatic rings. The fourth-order valence-electron chi connectivity index (χ4n) is 2.12. The number of benzene rings is 1. The third-order valence-electron chi connectivity index (χ3n) is 3.13. The minimum Gasteiger partial charge on any atom is -0.497 e. The molecule has 0 aliphatic heterocycles. The number of primary amides is 1. The minimum atomic E-state index is -0.347. The van der Waals surface area contributed by atoms with E-state index in [4.69, 9.17) is 16.2 Å². The lowest BCUT2D eigenvalue weighted by Gasteiger charge is -2.33. The molecule has 1 aromatic rings. The van der Waals surface area contributed by atoms with E-state index in [-0.39, 0.29) is 24.5 Å². The lowest BCUT2D eigenvalue weighted by molar-refractivity contribution is -0.120. The quantitative estimate of drug-likeness (QED) is 0.767. The van der Waals surface area contributed by atoms with Gasteiger partial charge in [-0.1, -0.05) is 12.1 Å². The van der Waals surface area contributed by atoms with Crippen LogP contribution in [0.4, 0.5) is 0 Å². The maximum Gasteiger partial charge on any atom is 0.231 e. The van der Waals surface area contributed by atoms with Crippen molar-refractivity contribution in [3.8, 4) is 5.75 Å². The molecule has 1 unspecified atom stereocenters. The first-order valence-electron chi connectivity index (χ1n) is 6.37. The fraction of sp³-hybridized carbons (Fsp3) is 0.500. The SMILES string of the molecule is COc1ccc(C(CN)N(CC(N)=O)C(C)C)cc1. The molecule has 5 heteroatoms. The molecule has 1 aromatic carbocycles. The number of amides is 1. The van der Waals surface area contributed by atoms with Gasteiger partial charge in [-0.3, -0.25) is 9.69 Å². The van der Waals surface area contributed by atoms with Crippen molar-refractivity contribution in [2.24, 2.45) is 11.5 Å². The fourth-order valence-corrected chi connectivity index (χ4v) is 2.12. The highest BCUT2D eigenvalue weighted by molar-refractivity contribution is 5.76. The molecule has 0 saturated heterocycles. The van der Waals surface area contributed by atoms with E-state index in [0.29, 0.717) is 6.54 Å². The molecule has 0 aromatic heterocycles. The Bertz CT molecular complexity index is 404. The molecule has 0 saturated carbocycles. The Kier molecular flexibility index (Phi) is 5.79. The number of nitrogens with two attached hydrogens (primary N) is 2. The number of rotatable bonds is 7. The molecule has 1 atom stereocenters. The van der Waals surface area contributed by atoms with E-state index < -0.39 is 0 Å². The van der Waals surface area contributed by atoms with Crippen LogP contribution in [0.2, 0.25) is 0 Å². The number of hydrogen-bond donors (Lipinski definition) is 2. The molecule has 1 rings (SSSR count). The van der Waals surface area contributed by atoms with Gasteiger partial charge in [0.25, 0.3) is 0 Å². The van der Waals surface area contributed by atoms with Crippen molar-refractivity contribution < 1.29 is 9.53 Å².